The number of hydrogen-bond donors (Lipinski definition) is 0. The highest BCUT2D eigenvalue weighted by Crippen LogP contribution is 2.35. The zero-order valence-corrected chi connectivity index (χ0v) is 12.4. The van der Waals surface area contributed by atoms with Crippen molar-refractivity contribution in [3.8, 4) is 0 Å². The summed E-state index contributed by atoms with van der Waals surface area (Å²) in [6.07, 6.45) is 8.32. The molecule has 90 valence electrons. The van der Waals surface area contributed by atoms with Gasteiger partial charge in [-0.2, -0.15) is 0 Å². The van der Waals surface area contributed by atoms with E-state index in [-0.39, 0.29) is 0 Å². The van der Waals surface area contributed by atoms with Crippen molar-refractivity contribution in [3.05, 3.63) is 21.9 Å². The molecule has 1 aliphatic carbocycles. The molecule has 1 aliphatic rings. The summed E-state index contributed by atoms with van der Waals surface area (Å²) in [7, 11) is 0. The Labute approximate surface area is 112 Å². The summed E-state index contributed by atoms with van der Waals surface area (Å²) in [5, 5.41) is 1.18. The van der Waals surface area contributed by atoms with Gasteiger partial charge in [-0.25, -0.2) is 0 Å². The van der Waals surface area contributed by atoms with Crippen molar-refractivity contribution < 1.29 is 0 Å². The van der Waals surface area contributed by atoms with Crippen LogP contribution in [0.15, 0.2) is 12.1 Å². The summed E-state index contributed by atoms with van der Waals surface area (Å²) in [4.78, 5) is 3.13. The second kappa shape index (κ2) is 6.20. The zero-order chi connectivity index (χ0) is 11.4. The summed E-state index contributed by atoms with van der Waals surface area (Å²) < 4.78 is 0. The Morgan fingerprint density at radius 1 is 1.31 bits per heavy atom. The normalized spacial score (nSPS) is 19.1. The molecule has 1 aromatic heterocycles. The highest BCUT2D eigenvalue weighted by atomic mass is 79.9. The van der Waals surface area contributed by atoms with E-state index in [4.69, 9.17) is 0 Å². The fraction of sp³-hybridized carbons (Fsp3) is 0.714. The van der Waals surface area contributed by atoms with Gasteiger partial charge >= 0.3 is 0 Å². The average molecular weight is 301 g/mol. The third-order valence-electron chi connectivity index (χ3n) is 3.79. The van der Waals surface area contributed by atoms with Crippen LogP contribution in [0.1, 0.15) is 42.4 Å². The van der Waals surface area contributed by atoms with Crippen molar-refractivity contribution in [1.29, 1.82) is 0 Å². The van der Waals surface area contributed by atoms with Crippen LogP contribution in [0.5, 0.6) is 0 Å². The van der Waals surface area contributed by atoms with Crippen molar-refractivity contribution in [1.82, 2.24) is 0 Å². The molecule has 0 amide bonds. The van der Waals surface area contributed by atoms with E-state index in [1.54, 1.807) is 4.88 Å². The van der Waals surface area contributed by atoms with Gasteiger partial charge in [0.05, 0.1) is 0 Å². The maximum atomic E-state index is 3.71. The predicted molar refractivity (Wildman–Crippen MR) is 76.6 cm³/mol. The Bertz CT molecular complexity index is 312. The minimum Gasteiger partial charge on any atom is -0.145 e. The van der Waals surface area contributed by atoms with Crippen LogP contribution < -0.4 is 0 Å². The fourth-order valence-corrected chi connectivity index (χ4v) is 4.56. The maximum absolute atomic E-state index is 3.71. The molecule has 0 aromatic carbocycles. The van der Waals surface area contributed by atoms with Gasteiger partial charge < -0.3 is 0 Å². The molecule has 0 N–H and O–H groups in total. The molecule has 0 saturated heterocycles. The number of aryl methyl sites for hydroxylation is 1. The standard InChI is InChI=1S/C14H21BrS/c1-2-13-7-8-14(16-13)9-12(10-15)11-5-3-4-6-11/h7-8,11-12H,2-6,9-10H2,1H3. The quantitative estimate of drug-likeness (QED) is 0.667. The van der Waals surface area contributed by atoms with Gasteiger partial charge in [0.2, 0.25) is 0 Å². The van der Waals surface area contributed by atoms with Gasteiger partial charge in [0, 0.05) is 15.1 Å². The molecule has 1 saturated carbocycles. The maximum Gasteiger partial charge on any atom is 0.00657 e. The molecule has 16 heavy (non-hydrogen) atoms. The molecule has 0 radical (unpaired) electrons. The first-order valence-electron chi connectivity index (χ1n) is 6.47. The number of thiophene rings is 1. The van der Waals surface area contributed by atoms with Gasteiger partial charge in [0.25, 0.3) is 0 Å². The Morgan fingerprint density at radius 3 is 2.56 bits per heavy atom. The number of rotatable bonds is 5. The topological polar surface area (TPSA) is 0 Å². The van der Waals surface area contributed by atoms with Gasteiger partial charge in [-0.15, -0.1) is 11.3 Å². The highest BCUT2D eigenvalue weighted by molar-refractivity contribution is 9.09. The Kier molecular flexibility index (Phi) is 4.90. The van der Waals surface area contributed by atoms with Gasteiger partial charge in [-0.1, -0.05) is 48.5 Å². The van der Waals surface area contributed by atoms with E-state index < -0.39 is 0 Å². The van der Waals surface area contributed by atoms with Gasteiger partial charge in [0.1, 0.15) is 0 Å². The molecule has 1 fully saturated rings. The van der Waals surface area contributed by atoms with Crippen LogP contribution in [0.3, 0.4) is 0 Å². The summed E-state index contributed by atoms with van der Waals surface area (Å²) in [6, 6.07) is 4.65. The molecule has 2 heteroatoms. The van der Waals surface area contributed by atoms with E-state index in [1.807, 2.05) is 11.3 Å². The minimum atomic E-state index is 0.867. The van der Waals surface area contributed by atoms with Crippen LogP contribution in [-0.2, 0) is 12.8 Å². The first-order chi connectivity index (χ1) is 7.83. The van der Waals surface area contributed by atoms with Crippen LogP contribution >= 0.6 is 27.3 Å². The molecule has 1 unspecified atom stereocenters. The van der Waals surface area contributed by atoms with Crippen molar-refractivity contribution in [2.75, 3.05) is 5.33 Å². The molecular formula is C14H21BrS. The van der Waals surface area contributed by atoms with E-state index >= 15 is 0 Å². The number of halogens is 1. The molecule has 1 heterocycles. The lowest BCUT2D eigenvalue weighted by Gasteiger charge is -2.20. The minimum absolute atomic E-state index is 0.867. The third-order valence-corrected chi connectivity index (χ3v) is 5.88. The number of hydrogen-bond acceptors (Lipinski definition) is 1. The van der Waals surface area contributed by atoms with Crippen LogP contribution in [-0.4, -0.2) is 5.33 Å². The SMILES string of the molecule is CCc1ccc(CC(CBr)C2CCCC2)s1. The summed E-state index contributed by atoms with van der Waals surface area (Å²) >= 11 is 5.73. The van der Waals surface area contributed by atoms with E-state index in [0.717, 1.165) is 11.8 Å². The first-order valence-corrected chi connectivity index (χ1v) is 8.40. The highest BCUT2D eigenvalue weighted by Gasteiger charge is 2.24. The van der Waals surface area contributed by atoms with Crippen LogP contribution in [0.25, 0.3) is 0 Å². The smallest absolute Gasteiger partial charge is 0.00657 e. The second-order valence-corrected chi connectivity index (χ2v) is 6.78. The molecule has 0 bridgehead atoms. The van der Waals surface area contributed by atoms with Gasteiger partial charge in [-0.3, -0.25) is 0 Å². The zero-order valence-electron chi connectivity index (χ0n) is 10.0. The van der Waals surface area contributed by atoms with Crippen LogP contribution in [0.2, 0.25) is 0 Å². The van der Waals surface area contributed by atoms with Gasteiger partial charge in [-0.05, 0) is 36.8 Å². The number of alkyl halides is 1. The van der Waals surface area contributed by atoms with Gasteiger partial charge in [0.15, 0.2) is 0 Å². The lowest BCUT2D eigenvalue weighted by Crippen LogP contribution is -2.15. The largest absolute Gasteiger partial charge is 0.145 e. The van der Waals surface area contributed by atoms with E-state index in [2.05, 4.69) is 35.0 Å². The van der Waals surface area contributed by atoms with Crippen molar-refractivity contribution in [3.63, 3.8) is 0 Å². The molecule has 0 aliphatic heterocycles. The molecule has 2 rings (SSSR count). The van der Waals surface area contributed by atoms with E-state index in [9.17, 15) is 0 Å². The lowest BCUT2D eigenvalue weighted by atomic mass is 9.89. The molecule has 1 aromatic rings. The van der Waals surface area contributed by atoms with Crippen LogP contribution in [0, 0.1) is 11.8 Å². The molecule has 0 spiro atoms. The fourth-order valence-electron chi connectivity index (χ4n) is 2.76. The summed E-state index contributed by atoms with van der Waals surface area (Å²) in [5.41, 5.74) is 0. The first kappa shape index (κ1) is 12.6. The monoisotopic (exact) mass is 300 g/mol. The molecular weight excluding hydrogens is 280 g/mol. The average Bonchev–Trinajstić information content (AvgIpc) is 2.96. The second-order valence-electron chi connectivity index (χ2n) is 4.88. The Balaban J connectivity index is 1.94. The van der Waals surface area contributed by atoms with Crippen LogP contribution in [0.4, 0.5) is 0 Å². The summed E-state index contributed by atoms with van der Waals surface area (Å²) in [6.45, 7) is 2.24. The van der Waals surface area contributed by atoms with Crippen molar-refractivity contribution in [2.45, 2.75) is 45.4 Å². The molecule has 0 nitrogen and oxygen atoms in total. The van der Waals surface area contributed by atoms with E-state index in [1.165, 1.54) is 48.7 Å². The lowest BCUT2D eigenvalue weighted by molar-refractivity contribution is 0.375. The van der Waals surface area contributed by atoms with E-state index in [0.29, 0.717) is 0 Å². The third kappa shape index (κ3) is 3.10. The Morgan fingerprint density at radius 2 is 2.00 bits per heavy atom. The predicted octanol–water partition coefficient (Wildman–Crippen LogP) is 5.05. The molecule has 1 atom stereocenters. The van der Waals surface area contributed by atoms with Crippen molar-refractivity contribution in [2.24, 2.45) is 11.8 Å². The Hall–Kier alpha value is 0.180. The summed E-state index contributed by atoms with van der Waals surface area (Å²) in [5.74, 6) is 1.84. The van der Waals surface area contributed by atoms with Crippen molar-refractivity contribution >= 4 is 27.3 Å².